The quantitative estimate of drug-likeness (QED) is 0.915. The second kappa shape index (κ2) is 6.10. The minimum atomic E-state index is 0.0970. The lowest BCUT2D eigenvalue weighted by atomic mass is 10.1. The van der Waals surface area contributed by atoms with Crippen LogP contribution in [0.25, 0.3) is 0 Å². The van der Waals surface area contributed by atoms with Crippen LogP contribution in [0.1, 0.15) is 36.9 Å². The number of likely N-dealkylation sites (tertiary alicyclic amines) is 1. The summed E-state index contributed by atoms with van der Waals surface area (Å²) in [6, 6.07) is 4.68. The first-order valence-electron chi connectivity index (χ1n) is 7.83. The van der Waals surface area contributed by atoms with Crippen LogP contribution in [0, 0.1) is 6.92 Å². The fraction of sp³-hybridized carbons (Fsp3) is 0.688. The highest BCUT2D eigenvalue weighted by atomic mass is 16.3. The number of aliphatic hydroxyl groups excluding tert-OH is 1. The molecule has 2 saturated heterocycles. The minimum Gasteiger partial charge on any atom is -0.392 e. The number of hydrogen-bond acceptors (Lipinski definition) is 4. The Labute approximate surface area is 121 Å². The first-order valence-corrected chi connectivity index (χ1v) is 7.83. The van der Waals surface area contributed by atoms with Gasteiger partial charge in [0, 0.05) is 24.8 Å². The van der Waals surface area contributed by atoms with Crippen LogP contribution in [0.4, 0.5) is 5.82 Å². The molecule has 110 valence electrons. The third kappa shape index (κ3) is 2.96. The maximum atomic E-state index is 9.33. The van der Waals surface area contributed by atoms with Crippen molar-refractivity contribution in [3.63, 3.8) is 0 Å². The van der Waals surface area contributed by atoms with Gasteiger partial charge in [-0.1, -0.05) is 6.42 Å². The molecule has 0 spiro atoms. The summed E-state index contributed by atoms with van der Waals surface area (Å²) in [6.07, 6.45) is 5.35. The van der Waals surface area contributed by atoms with Crippen LogP contribution >= 0.6 is 0 Å². The SMILES string of the molecule is Cc1cc(CO)cc(N2CCC(N3CCCCC3)C2)n1. The summed E-state index contributed by atoms with van der Waals surface area (Å²) in [4.78, 5) is 9.68. The van der Waals surface area contributed by atoms with Gasteiger partial charge in [0.1, 0.15) is 5.82 Å². The molecule has 4 nitrogen and oxygen atoms in total. The van der Waals surface area contributed by atoms with Crippen molar-refractivity contribution in [2.24, 2.45) is 0 Å². The van der Waals surface area contributed by atoms with Gasteiger partial charge >= 0.3 is 0 Å². The third-order valence-electron chi connectivity index (χ3n) is 4.58. The van der Waals surface area contributed by atoms with E-state index in [1.807, 2.05) is 19.1 Å². The number of anilines is 1. The van der Waals surface area contributed by atoms with E-state index < -0.39 is 0 Å². The standard InChI is InChI=1S/C16H25N3O/c1-13-9-14(12-20)10-16(17-13)19-8-5-15(11-19)18-6-3-2-4-7-18/h9-10,15,20H,2-8,11-12H2,1H3. The maximum absolute atomic E-state index is 9.33. The molecule has 1 N–H and O–H groups in total. The molecular formula is C16H25N3O. The molecule has 1 aromatic heterocycles. The molecule has 2 fully saturated rings. The summed E-state index contributed by atoms with van der Waals surface area (Å²) in [7, 11) is 0. The molecule has 1 atom stereocenters. The van der Waals surface area contributed by atoms with Gasteiger partial charge in [0.25, 0.3) is 0 Å². The van der Waals surface area contributed by atoms with E-state index >= 15 is 0 Å². The van der Waals surface area contributed by atoms with E-state index in [0.29, 0.717) is 6.04 Å². The van der Waals surface area contributed by atoms with Crippen LogP contribution in [-0.4, -0.2) is 47.2 Å². The summed E-state index contributed by atoms with van der Waals surface area (Å²) in [5.41, 5.74) is 1.96. The van der Waals surface area contributed by atoms with E-state index in [1.165, 1.54) is 38.8 Å². The molecule has 3 rings (SSSR count). The van der Waals surface area contributed by atoms with Gasteiger partial charge in [-0.05, 0) is 57.0 Å². The molecule has 2 aliphatic rings. The second-order valence-corrected chi connectivity index (χ2v) is 6.12. The molecule has 3 heterocycles. The number of rotatable bonds is 3. The normalized spacial score (nSPS) is 24.3. The lowest BCUT2D eigenvalue weighted by Crippen LogP contribution is -2.41. The Morgan fingerprint density at radius 1 is 1.20 bits per heavy atom. The summed E-state index contributed by atoms with van der Waals surface area (Å²) >= 11 is 0. The third-order valence-corrected chi connectivity index (χ3v) is 4.58. The second-order valence-electron chi connectivity index (χ2n) is 6.12. The van der Waals surface area contributed by atoms with Crippen molar-refractivity contribution in [1.82, 2.24) is 9.88 Å². The average Bonchev–Trinajstić information content (AvgIpc) is 2.97. The van der Waals surface area contributed by atoms with Gasteiger partial charge in [0.15, 0.2) is 0 Å². The highest BCUT2D eigenvalue weighted by Crippen LogP contribution is 2.24. The Kier molecular flexibility index (Phi) is 4.22. The number of hydrogen-bond donors (Lipinski definition) is 1. The largest absolute Gasteiger partial charge is 0.392 e. The van der Waals surface area contributed by atoms with Crippen LogP contribution in [0.3, 0.4) is 0 Å². The lowest BCUT2D eigenvalue weighted by Gasteiger charge is -2.32. The van der Waals surface area contributed by atoms with Gasteiger partial charge < -0.3 is 10.0 Å². The van der Waals surface area contributed by atoms with Crippen molar-refractivity contribution >= 4 is 5.82 Å². The van der Waals surface area contributed by atoms with Gasteiger partial charge in [-0.15, -0.1) is 0 Å². The Bertz CT molecular complexity index is 457. The molecule has 20 heavy (non-hydrogen) atoms. The molecule has 0 amide bonds. The molecular weight excluding hydrogens is 250 g/mol. The fourth-order valence-corrected chi connectivity index (χ4v) is 3.51. The van der Waals surface area contributed by atoms with Crippen molar-refractivity contribution in [2.45, 2.75) is 45.3 Å². The van der Waals surface area contributed by atoms with Crippen LogP contribution in [-0.2, 0) is 6.61 Å². The van der Waals surface area contributed by atoms with E-state index in [1.54, 1.807) is 0 Å². The zero-order chi connectivity index (χ0) is 13.9. The Morgan fingerprint density at radius 2 is 2.00 bits per heavy atom. The molecule has 0 radical (unpaired) electrons. The van der Waals surface area contributed by atoms with E-state index in [-0.39, 0.29) is 6.61 Å². The summed E-state index contributed by atoms with van der Waals surface area (Å²) in [6.45, 7) is 6.80. The number of nitrogens with zero attached hydrogens (tertiary/aromatic N) is 3. The zero-order valence-corrected chi connectivity index (χ0v) is 12.4. The molecule has 0 aliphatic carbocycles. The Hall–Kier alpha value is -1.13. The topological polar surface area (TPSA) is 39.6 Å². The number of aryl methyl sites for hydroxylation is 1. The molecule has 2 aliphatic heterocycles. The van der Waals surface area contributed by atoms with Gasteiger partial charge in [-0.2, -0.15) is 0 Å². The maximum Gasteiger partial charge on any atom is 0.129 e. The number of aliphatic hydroxyl groups is 1. The van der Waals surface area contributed by atoms with Gasteiger partial charge in [-0.25, -0.2) is 4.98 Å². The minimum absolute atomic E-state index is 0.0970. The van der Waals surface area contributed by atoms with Crippen molar-refractivity contribution < 1.29 is 5.11 Å². The Morgan fingerprint density at radius 3 is 2.75 bits per heavy atom. The summed E-state index contributed by atoms with van der Waals surface area (Å²) in [5.74, 6) is 1.04. The van der Waals surface area contributed by atoms with Gasteiger partial charge in [0.05, 0.1) is 6.61 Å². The van der Waals surface area contributed by atoms with Crippen molar-refractivity contribution in [2.75, 3.05) is 31.1 Å². The van der Waals surface area contributed by atoms with Crippen molar-refractivity contribution in [1.29, 1.82) is 0 Å². The monoisotopic (exact) mass is 275 g/mol. The fourth-order valence-electron chi connectivity index (χ4n) is 3.51. The van der Waals surface area contributed by atoms with Gasteiger partial charge in [0.2, 0.25) is 0 Å². The molecule has 4 heteroatoms. The van der Waals surface area contributed by atoms with Crippen LogP contribution < -0.4 is 4.90 Å². The molecule has 0 saturated carbocycles. The molecule has 1 aromatic rings. The first kappa shape index (κ1) is 13.8. The predicted octanol–water partition coefficient (Wildman–Crippen LogP) is 1.95. The number of piperidine rings is 1. The van der Waals surface area contributed by atoms with E-state index in [9.17, 15) is 5.11 Å². The first-order chi connectivity index (χ1) is 9.76. The van der Waals surface area contributed by atoms with Crippen LogP contribution in [0.2, 0.25) is 0 Å². The summed E-state index contributed by atoms with van der Waals surface area (Å²) in [5, 5.41) is 9.33. The van der Waals surface area contributed by atoms with E-state index in [4.69, 9.17) is 0 Å². The average molecular weight is 275 g/mol. The van der Waals surface area contributed by atoms with Crippen molar-refractivity contribution in [3.8, 4) is 0 Å². The lowest BCUT2D eigenvalue weighted by molar-refractivity contribution is 0.175. The molecule has 0 bridgehead atoms. The molecule has 1 unspecified atom stereocenters. The predicted molar refractivity (Wildman–Crippen MR) is 80.9 cm³/mol. The number of pyridine rings is 1. The summed E-state index contributed by atoms with van der Waals surface area (Å²) < 4.78 is 0. The van der Waals surface area contributed by atoms with Crippen molar-refractivity contribution in [3.05, 3.63) is 23.4 Å². The van der Waals surface area contributed by atoms with E-state index in [2.05, 4.69) is 14.8 Å². The van der Waals surface area contributed by atoms with Gasteiger partial charge in [-0.3, -0.25) is 4.90 Å². The van der Waals surface area contributed by atoms with Crippen LogP contribution in [0.15, 0.2) is 12.1 Å². The molecule has 0 aromatic carbocycles. The highest BCUT2D eigenvalue weighted by molar-refractivity contribution is 5.44. The van der Waals surface area contributed by atoms with Crippen LogP contribution in [0.5, 0.6) is 0 Å². The smallest absolute Gasteiger partial charge is 0.129 e. The highest BCUT2D eigenvalue weighted by Gasteiger charge is 2.29. The zero-order valence-electron chi connectivity index (χ0n) is 12.4. The van der Waals surface area contributed by atoms with E-state index in [0.717, 1.165) is 30.2 Å². The number of aromatic nitrogens is 1. The Balaban J connectivity index is 1.68.